The molecule has 2 amide bonds. The van der Waals surface area contributed by atoms with Crippen molar-refractivity contribution < 1.29 is 14.3 Å². The molecular formula is C23H29N3O3S. The molecule has 2 aromatic rings. The highest BCUT2D eigenvalue weighted by Gasteiger charge is 2.09. The van der Waals surface area contributed by atoms with Crippen molar-refractivity contribution in [1.82, 2.24) is 10.2 Å². The Labute approximate surface area is 183 Å². The summed E-state index contributed by atoms with van der Waals surface area (Å²) in [5, 5.41) is 5.91. The maximum Gasteiger partial charge on any atom is 0.257 e. The number of thiocarbonyl (C=S) groups is 1. The number of rotatable bonds is 8. The summed E-state index contributed by atoms with van der Waals surface area (Å²) in [4.78, 5) is 25.7. The molecule has 7 heteroatoms. The third kappa shape index (κ3) is 7.83. The molecule has 0 aliphatic carbocycles. The zero-order chi connectivity index (χ0) is 22.1. The third-order valence-electron chi connectivity index (χ3n) is 4.24. The third-order valence-corrected chi connectivity index (χ3v) is 4.44. The van der Waals surface area contributed by atoms with Crippen LogP contribution in [0.3, 0.4) is 0 Å². The predicted molar refractivity (Wildman–Crippen MR) is 124 cm³/mol. The first-order valence-corrected chi connectivity index (χ1v) is 10.3. The summed E-state index contributed by atoms with van der Waals surface area (Å²) in [6.07, 6.45) is 1.07. The van der Waals surface area contributed by atoms with Gasteiger partial charge in [0.15, 0.2) is 5.11 Å². The highest BCUT2D eigenvalue weighted by Crippen LogP contribution is 2.14. The van der Waals surface area contributed by atoms with Crippen LogP contribution in [0.5, 0.6) is 5.75 Å². The van der Waals surface area contributed by atoms with Crippen LogP contribution >= 0.6 is 12.2 Å². The van der Waals surface area contributed by atoms with Crippen molar-refractivity contribution >= 4 is 34.8 Å². The molecule has 2 N–H and O–H groups in total. The van der Waals surface area contributed by atoms with Gasteiger partial charge in [-0.3, -0.25) is 14.9 Å². The van der Waals surface area contributed by atoms with E-state index in [1.807, 2.05) is 24.3 Å². The quantitative estimate of drug-likeness (QED) is 0.626. The van der Waals surface area contributed by atoms with E-state index in [0.29, 0.717) is 30.9 Å². The number of carbonyl (C=O) groups is 2. The van der Waals surface area contributed by atoms with E-state index in [0.717, 1.165) is 17.0 Å². The molecule has 0 aliphatic rings. The Morgan fingerprint density at radius 2 is 1.80 bits per heavy atom. The Bertz CT molecular complexity index is 880. The Kier molecular flexibility index (Phi) is 8.80. The SMILES string of the molecule is CC(C)COc1ccc(C(=O)NC(=S)Nc2cccc(CCC(=O)N(C)C)c2)cc1. The molecule has 0 saturated heterocycles. The van der Waals surface area contributed by atoms with Crippen molar-refractivity contribution in [1.29, 1.82) is 0 Å². The molecule has 0 bridgehead atoms. The van der Waals surface area contributed by atoms with Gasteiger partial charge in [-0.1, -0.05) is 26.0 Å². The average molecular weight is 428 g/mol. The predicted octanol–water partition coefficient (Wildman–Crippen LogP) is 3.87. The van der Waals surface area contributed by atoms with Crippen LogP contribution in [0.4, 0.5) is 5.69 Å². The largest absolute Gasteiger partial charge is 0.493 e. The molecule has 160 valence electrons. The van der Waals surface area contributed by atoms with Crippen molar-refractivity contribution in [2.24, 2.45) is 5.92 Å². The second-order valence-electron chi connectivity index (χ2n) is 7.63. The zero-order valence-electron chi connectivity index (χ0n) is 17.9. The van der Waals surface area contributed by atoms with Gasteiger partial charge in [-0.2, -0.15) is 0 Å². The van der Waals surface area contributed by atoms with Crippen molar-refractivity contribution in [2.45, 2.75) is 26.7 Å². The minimum atomic E-state index is -0.296. The van der Waals surface area contributed by atoms with Gasteiger partial charge in [-0.15, -0.1) is 0 Å². The van der Waals surface area contributed by atoms with E-state index >= 15 is 0 Å². The number of hydrogen-bond acceptors (Lipinski definition) is 4. The number of nitrogens with zero attached hydrogens (tertiary/aromatic N) is 1. The molecule has 6 nitrogen and oxygen atoms in total. The number of hydrogen-bond donors (Lipinski definition) is 2. The van der Waals surface area contributed by atoms with Gasteiger partial charge >= 0.3 is 0 Å². The standard InChI is InChI=1S/C23H29N3O3S/c1-16(2)15-29-20-11-9-18(10-12-20)22(28)25-23(30)24-19-7-5-6-17(14-19)8-13-21(27)26(3)4/h5-7,9-12,14,16H,8,13,15H2,1-4H3,(H2,24,25,28,30). The normalized spacial score (nSPS) is 10.4. The van der Waals surface area contributed by atoms with Crippen molar-refractivity contribution in [3.8, 4) is 5.75 Å². The van der Waals surface area contributed by atoms with Gasteiger partial charge < -0.3 is 15.0 Å². The molecule has 2 rings (SSSR count). The van der Waals surface area contributed by atoms with E-state index in [-0.39, 0.29) is 16.9 Å². The summed E-state index contributed by atoms with van der Waals surface area (Å²) in [7, 11) is 3.49. The topological polar surface area (TPSA) is 70.7 Å². The molecule has 30 heavy (non-hydrogen) atoms. The molecular weight excluding hydrogens is 398 g/mol. The van der Waals surface area contributed by atoms with Crippen molar-refractivity contribution in [2.75, 3.05) is 26.0 Å². The number of nitrogens with one attached hydrogen (secondary N) is 2. The Morgan fingerprint density at radius 1 is 1.10 bits per heavy atom. The lowest BCUT2D eigenvalue weighted by atomic mass is 10.1. The Hall–Kier alpha value is -2.93. The maximum atomic E-state index is 12.4. The highest BCUT2D eigenvalue weighted by atomic mass is 32.1. The number of carbonyl (C=O) groups excluding carboxylic acids is 2. The minimum absolute atomic E-state index is 0.0803. The lowest BCUT2D eigenvalue weighted by molar-refractivity contribution is -0.128. The van der Waals surface area contributed by atoms with Gasteiger partial charge in [0.2, 0.25) is 5.91 Å². The van der Waals surface area contributed by atoms with E-state index in [9.17, 15) is 9.59 Å². The molecule has 0 saturated carbocycles. The summed E-state index contributed by atoms with van der Waals surface area (Å²) in [5.41, 5.74) is 2.26. The van der Waals surface area contributed by atoms with Gasteiger partial charge in [-0.05, 0) is 66.5 Å². The summed E-state index contributed by atoms with van der Waals surface area (Å²) in [6.45, 7) is 4.78. The second-order valence-corrected chi connectivity index (χ2v) is 8.03. The highest BCUT2D eigenvalue weighted by molar-refractivity contribution is 7.80. The van der Waals surface area contributed by atoms with Crippen molar-refractivity contribution in [3.63, 3.8) is 0 Å². The smallest absolute Gasteiger partial charge is 0.257 e. The second kappa shape index (κ2) is 11.3. The average Bonchev–Trinajstić information content (AvgIpc) is 2.70. The van der Waals surface area contributed by atoms with Gasteiger partial charge in [0.05, 0.1) is 6.61 Å². The van der Waals surface area contributed by atoms with Crippen LogP contribution in [0.15, 0.2) is 48.5 Å². The molecule has 0 spiro atoms. The van der Waals surface area contributed by atoms with E-state index in [1.54, 1.807) is 43.3 Å². The molecule has 0 radical (unpaired) electrons. The first kappa shape index (κ1) is 23.3. The van der Waals surface area contributed by atoms with Crippen molar-refractivity contribution in [3.05, 3.63) is 59.7 Å². The van der Waals surface area contributed by atoms with E-state index in [1.165, 1.54) is 0 Å². The number of ether oxygens (including phenoxy) is 1. The van der Waals surface area contributed by atoms with E-state index in [4.69, 9.17) is 17.0 Å². The Balaban J connectivity index is 1.88. The maximum absolute atomic E-state index is 12.4. The van der Waals surface area contributed by atoms with Crippen LogP contribution in [-0.4, -0.2) is 42.5 Å². The summed E-state index contributed by atoms with van der Waals surface area (Å²) in [6, 6.07) is 14.6. The van der Waals surface area contributed by atoms with Crippen LogP contribution in [0, 0.1) is 5.92 Å². The van der Waals surface area contributed by atoms with Gasteiger partial charge in [0, 0.05) is 31.8 Å². The summed E-state index contributed by atoms with van der Waals surface area (Å²) < 4.78 is 5.63. The van der Waals surface area contributed by atoms with E-state index in [2.05, 4.69) is 24.5 Å². The molecule has 0 aromatic heterocycles. The van der Waals surface area contributed by atoms with Crippen LogP contribution in [0.1, 0.15) is 36.2 Å². The van der Waals surface area contributed by atoms with Crippen LogP contribution in [0.2, 0.25) is 0 Å². The molecule has 0 unspecified atom stereocenters. The van der Waals surface area contributed by atoms with Crippen LogP contribution in [-0.2, 0) is 11.2 Å². The molecule has 0 heterocycles. The first-order valence-electron chi connectivity index (χ1n) is 9.89. The molecule has 2 aromatic carbocycles. The minimum Gasteiger partial charge on any atom is -0.493 e. The zero-order valence-corrected chi connectivity index (χ0v) is 18.7. The van der Waals surface area contributed by atoms with Gasteiger partial charge in [0.1, 0.15) is 5.75 Å². The lowest BCUT2D eigenvalue weighted by Crippen LogP contribution is -2.34. The molecule has 0 aliphatic heterocycles. The Morgan fingerprint density at radius 3 is 2.43 bits per heavy atom. The van der Waals surface area contributed by atoms with Crippen LogP contribution < -0.4 is 15.4 Å². The fraction of sp³-hybridized carbons (Fsp3) is 0.348. The van der Waals surface area contributed by atoms with Gasteiger partial charge in [0.25, 0.3) is 5.91 Å². The fourth-order valence-corrected chi connectivity index (χ4v) is 2.79. The fourth-order valence-electron chi connectivity index (χ4n) is 2.58. The number of benzene rings is 2. The summed E-state index contributed by atoms with van der Waals surface area (Å²) in [5.74, 6) is 0.946. The number of anilines is 1. The van der Waals surface area contributed by atoms with Gasteiger partial charge in [-0.25, -0.2) is 0 Å². The van der Waals surface area contributed by atoms with E-state index < -0.39 is 0 Å². The molecule has 0 atom stereocenters. The monoisotopic (exact) mass is 427 g/mol. The lowest BCUT2D eigenvalue weighted by Gasteiger charge is -2.12. The number of aryl methyl sites for hydroxylation is 1. The summed E-state index contributed by atoms with van der Waals surface area (Å²) >= 11 is 5.26. The molecule has 0 fully saturated rings. The number of amides is 2. The first-order chi connectivity index (χ1) is 14.2. The van der Waals surface area contributed by atoms with Crippen LogP contribution in [0.25, 0.3) is 0 Å².